The minimum atomic E-state index is -5.45. The molecule has 1 atom stereocenters. The molecule has 0 radical (unpaired) electrons. The molecule has 0 N–H and O–H groups in total. The zero-order valence-electron chi connectivity index (χ0n) is 19.0. The summed E-state index contributed by atoms with van der Waals surface area (Å²) in [5.74, 6) is -2.67. The van der Waals surface area contributed by atoms with E-state index in [1.54, 1.807) is 60.7 Å². The van der Waals surface area contributed by atoms with Gasteiger partial charge in [-0.05, 0) is 17.7 Å². The van der Waals surface area contributed by atoms with E-state index in [2.05, 4.69) is 0 Å². The van der Waals surface area contributed by atoms with Gasteiger partial charge in [0.05, 0.1) is 18.1 Å². The molecule has 0 aromatic heterocycles. The van der Waals surface area contributed by atoms with Gasteiger partial charge in [0.25, 0.3) is 5.99 Å². The Morgan fingerprint density at radius 3 is 1.50 bits per heavy atom. The lowest BCUT2D eigenvalue weighted by Crippen LogP contribution is -2.47. The second-order valence-electron chi connectivity index (χ2n) is 8.44. The van der Waals surface area contributed by atoms with Crippen LogP contribution in [0.25, 0.3) is 11.5 Å². The van der Waals surface area contributed by atoms with Crippen molar-refractivity contribution < 1.29 is 39.5 Å². The summed E-state index contributed by atoms with van der Waals surface area (Å²) < 4.78 is 125. The lowest BCUT2D eigenvalue weighted by atomic mass is 9.55. The third-order valence-electron chi connectivity index (χ3n) is 5.72. The average molecular weight is 534 g/mol. The first kappa shape index (κ1) is 27.8. The Hall–Kier alpha value is -2.82. The number of hydrogen-bond acceptors (Lipinski definition) is 0. The van der Waals surface area contributed by atoms with Gasteiger partial charge in [0.2, 0.25) is 0 Å². The molecule has 0 bridgehead atoms. The summed E-state index contributed by atoms with van der Waals surface area (Å²) in [6, 6.07) is 15.9. The molecule has 0 amide bonds. The van der Waals surface area contributed by atoms with Gasteiger partial charge in [0.1, 0.15) is 0 Å². The molecule has 0 saturated carbocycles. The topological polar surface area (TPSA) is 0 Å². The van der Waals surface area contributed by atoms with Crippen LogP contribution in [-0.4, -0.2) is 18.5 Å². The predicted octanol–water partition coefficient (Wildman–Crippen LogP) is 7.33. The second kappa shape index (κ2) is 10.3. The van der Waals surface area contributed by atoms with E-state index in [1.807, 2.05) is 0 Å². The number of benzene rings is 3. The van der Waals surface area contributed by atoms with Crippen LogP contribution in [0.5, 0.6) is 0 Å². The van der Waals surface area contributed by atoms with Gasteiger partial charge in [-0.3, -0.25) is 0 Å². The van der Waals surface area contributed by atoms with Crippen LogP contribution in [-0.2, 0) is 29.3 Å². The van der Waals surface area contributed by atoms with Gasteiger partial charge in [-0.25, -0.2) is 10.7 Å². The lowest BCUT2D eigenvalue weighted by Gasteiger charge is -2.32. The summed E-state index contributed by atoms with van der Waals surface area (Å²) in [4.78, 5) is 0. The molecule has 3 aromatic carbocycles. The molecular formula is C25H20BF9S. The largest absolute Gasteiger partial charge is 0.416 e. The number of hydrogen-bond donors (Lipinski definition) is 0. The second-order valence-corrected chi connectivity index (χ2v) is 11.0. The van der Waals surface area contributed by atoms with Crippen molar-refractivity contribution in [2.45, 2.75) is 18.5 Å². The summed E-state index contributed by atoms with van der Waals surface area (Å²) in [6.07, 6.45) is -11.8. The maximum absolute atomic E-state index is 14.2. The Kier molecular flexibility index (Phi) is 7.93. The highest BCUT2D eigenvalue weighted by Gasteiger charge is 2.46. The Balaban J connectivity index is 2.48. The van der Waals surface area contributed by atoms with Gasteiger partial charge in [0, 0.05) is 11.1 Å². The van der Waals surface area contributed by atoms with Gasteiger partial charge >= 0.3 is 18.5 Å². The molecule has 3 aromatic rings. The third-order valence-corrected chi connectivity index (χ3v) is 7.47. The van der Waals surface area contributed by atoms with Gasteiger partial charge in [-0.15, -0.1) is 10.9 Å². The van der Waals surface area contributed by atoms with Crippen molar-refractivity contribution in [2.24, 2.45) is 0 Å². The van der Waals surface area contributed by atoms with E-state index in [0.29, 0.717) is 11.1 Å². The SMILES string of the molecule is C[S+](C)[B@H-](/C(=C/c1ccccc1)c1ccccc1)c1c(C(F)(F)F)cc(C(F)(F)F)cc1C(F)(F)F. The van der Waals surface area contributed by atoms with Crippen LogP contribution in [0.2, 0.25) is 0 Å². The van der Waals surface area contributed by atoms with E-state index in [9.17, 15) is 39.5 Å². The summed E-state index contributed by atoms with van der Waals surface area (Å²) in [5, 5.41) is 0. The molecule has 0 spiro atoms. The molecule has 0 heterocycles. The van der Waals surface area contributed by atoms with E-state index < -0.39 is 57.4 Å². The Labute approximate surface area is 205 Å². The predicted molar refractivity (Wildman–Crippen MR) is 128 cm³/mol. The van der Waals surface area contributed by atoms with E-state index in [1.165, 1.54) is 18.6 Å². The smallest absolute Gasteiger partial charge is 0.223 e. The van der Waals surface area contributed by atoms with Gasteiger partial charge in [-0.1, -0.05) is 72.3 Å². The van der Waals surface area contributed by atoms with Gasteiger partial charge in [-0.2, -0.15) is 39.5 Å². The highest BCUT2D eigenvalue weighted by Crippen LogP contribution is 2.41. The Morgan fingerprint density at radius 2 is 1.11 bits per heavy atom. The molecule has 0 aliphatic carbocycles. The van der Waals surface area contributed by atoms with E-state index >= 15 is 0 Å². The summed E-state index contributed by atoms with van der Waals surface area (Å²) in [6.45, 7) is 0. The monoisotopic (exact) mass is 534 g/mol. The van der Waals surface area contributed by atoms with Crippen molar-refractivity contribution in [3.05, 3.63) is 101 Å². The Morgan fingerprint density at radius 1 is 0.667 bits per heavy atom. The fourth-order valence-electron chi connectivity index (χ4n) is 4.24. The standard InChI is InChI=1S/C25H20BF9S/c1-36(2)26(21(17-11-7-4-8-12-17)13-16-9-5-3-6-10-16)22-19(24(30,31)32)14-18(23(27,28)29)15-20(22)25(33,34)35/h3-15,26H,1-2H3/b21-13+/t26-/m1/s1. The molecule has 0 unspecified atom stereocenters. The van der Waals surface area contributed by atoms with E-state index in [4.69, 9.17) is 0 Å². The van der Waals surface area contributed by atoms with Crippen LogP contribution in [0.1, 0.15) is 27.8 Å². The highest BCUT2D eigenvalue weighted by molar-refractivity contribution is 8.24. The minimum Gasteiger partial charge on any atom is -0.223 e. The molecule has 0 fully saturated rings. The molecule has 11 heteroatoms. The molecule has 0 aliphatic heterocycles. The van der Waals surface area contributed by atoms with Gasteiger partial charge < -0.3 is 0 Å². The zero-order chi connectivity index (χ0) is 26.9. The minimum absolute atomic E-state index is 0.206. The molecule has 0 saturated heterocycles. The van der Waals surface area contributed by atoms with Crippen LogP contribution < -0.4 is 5.46 Å². The average Bonchev–Trinajstić information content (AvgIpc) is 2.77. The van der Waals surface area contributed by atoms with Crippen molar-refractivity contribution in [2.75, 3.05) is 12.5 Å². The van der Waals surface area contributed by atoms with E-state index in [0.717, 1.165) is 0 Å². The summed E-state index contributed by atoms with van der Waals surface area (Å²) >= 11 is 0. The molecule has 36 heavy (non-hydrogen) atoms. The number of alkyl halides is 9. The summed E-state index contributed by atoms with van der Waals surface area (Å²) in [5.41, 5.74) is -5.82. The first-order valence-electron chi connectivity index (χ1n) is 10.6. The van der Waals surface area contributed by atoms with Crippen molar-refractivity contribution in [1.29, 1.82) is 0 Å². The lowest BCUT2D eigenvalue weighted by molar-refractivity contribution is -0.147. The fourth-order valence-corrected chi connectivity index (χ4v) is 6.00. The first-order chi connectivity index (χ1) is 16.6. The van der Waals surface area contributed by atoms with Crippen LogP contribution in [0, 0.1) is 0 Å². The summed E-state index contributed by atoms with van der Waals surface area (Å²) in [7, 11) is -1.09. The maximum atomic E-state index is 14.2. The zero-order valence-corrected chi connectivity index (χ0v) is 19.8. The number of halogens is 9. The van der Waals surface area contributed by atoms with Crippen molar-refractivity contribution in [1.82, 2.24) is 0 Å². The number of rotatable bonds is 5. The van der Waals surface area contributed by atoms with Crippen LogP contribution in [0.15, 0.2) is 72.8 Å². The molecular weight excluding hydrogens is 514 g/mol. The fraction of sp³-hybridized carbons (Fsp3) is 0.200. The normalized spacial score (nSPS) is 14.3. The highest BCUT2D eigenvalue weighted by atomic mass is 32.2. The third kappa shape index (κ3) is 6.29. The maximum Gasteiger partial charge on any atom is 0.416 e. The molecule has 0 aliphatic rings. The van der Waals surface area contributed by atoms with Crippen molar-refractivity contribution in [3.8, 4) is 0 Å². The van der Waals surface area contributed by atoms with Crippen molar-refractivity contribution >= 4 is 33.7 Å². The first-order valence-corrected chi connectivity index (χ1v) is 12.8. The van der Waals surface area contributed by atoms with Gasteiger partial charge in [0.15, 0.2) is 0 Å². The van der Waals surface area contributed by atoms with Crippen LogP contribution >= 0.6 is 0 Å². The van der Waals surface area contributed by atoms with Crippen molar-refractivity contribution in [3.63, 3.8) is 0 Å². The molecule has 3 rings (SSSR count). The van der Waals surface area contributed by atoms with E-state index in [-0.39, 0.29) is 17.6 Å². The molecule has 192 valence electrons. The molecule has 0 nitrogen and oxygen atoms in total. The van der Waals surface area contributed by atoms with Crippen LogP contribution in [0.3, 0.4) is 0 Å². The Bertz CT molecular complexity index is 1180. The van der Waals surface area contributed by atoms with Crippen LogP contribution in [0.4, 0.5) is 39.5 Å². The quantitative estimate of drug-likeness (QED) is 0.139.